The minimum Gasteiger partial charge on any atom is -0.441 e. The van der Waals surface area contributed by atoms with Gasteiger partial charge in [-0.15, -0.1) is 0 Å². The average molecular weight is 460 g/mol. The lowest BCUT2D eigenvalue weighted by Gasteiger charge is -2.35. The zero-order chi connectivity index (χ0) is 24.1. The number of hydrogen-bond acceptors (Lipinski definition) is 8. The SMILES string of the molecule is CC(C)(O)c1cnc(N2C[C@@]3(CCC(=O)[C@H](Cn4cnc5ccc(C#N)cc54)C3)OC2=O)cn1. The molecule has 5 rings (SSSR count). The molecule has 0 bridgehead atoms. The summed E-state index contributed by atoms with van der Waals surface area (Å²) in [6.45, 7) is 3.89. The summed E-state index contributed by atoms with van der Waals surface area (Å²) in [5, 5.41) is 19.3. The summed E-state index contributed by atoms with van der Waals surface area (Å²) < 4.78 is 7.71. The molecule has 0 unspecified atom stereocenters. The Morgan fingerprint density at radius 2 is 2.09 bits per heavy atom. The standard InChI is InChI=1S/C24H24N6O4/c1-23(2,33)20-10-27-21(11-26-20)30-13-24(34-22(30)32)6-5-19(31)16(8-24)12-29-14-28-17-4-3-15(9-25)7-18(17)29/h3-4,7,10-11,14,16,33H,5-6,8,12-13H2,1-2H3/t16-,24-/m0/s1. The van der Waals surface area contributed by atoms with Crippen molar-refractivity contribution in [2.24, 2.45) is 5.92 Å². The van der Waals surface area contributed by atoms with Gasteiger partial charge in [0.2, 0.25) is 0 Å². The van der Waals surface area contributed by atoms with Crippen LogP contribution in [0.5, 0.6) is 0 Å². The first-order valence-corrected chi connectivity index (χ1v) is 11.1. The predicted octanol–water partition coefficient (Wildman–Crippen LogP) is 2.69. The van der Waals surface area contributed by atoms with Crippen LogP contribution in [0, 0.1) is 17.2 Å². The van der Waals surface area contributed by atoms with Crippen LogP contribution in [0.15, 0.2) is 36.9 Å². The van der Waals surface area contributed by atoms with Gasteiger partial charge >= 0.3 is 6.09 Å². The Morgan fingerprint density at radius 1 is 1.26 bits per heavy atom. The van der Waals surface area contributed by atoms with Gasteiger partial charge in [-0.2, -0.15) is 5.26 Å². The Hall–Kier alpha value is -3.84. The van der Waals surface area contributed by atoms with Crippen LogP contribution >= 0.6 is 0 Å². The minimum atomic E-state index is -1.14. The predicted molar refractivity (Wildman–Crippen MR) is 121 cm³/mol. The molecular weight excluding hydrogens is 436 g/mol. The maximum absolute atomic E-state index is 12.8. The van der Waals surface area contributed by atoms with Gasteiger partial charge in [-0.25, -0.2) is 14.8 Å². The molecule has 174 valence electrons. The third kappa shape index (κ3) is 3.88. The number of nitriles is 1. The highest BCUT2D eigenvalue weighted by atomic mass is 16.6. The summed E-state index contributed by atoms with van der Waals surface area (Å²) in [6, 6.07) is 7.39. The molecular formula is C24H24N6O4. The third-order valence-electron chi connectivity index (χ3n) is 6.58. The lowest BCUT2D eigenvalue weighted by molar-refractivity contribution is -0.130. The largest absolute Gasteiger partial charge is 0.441 e. The second kappa shape index (κ2) is 7.88. The molecule has 2 aliphatic rings. The first-order valence-electron chi connectivity index (χ1n) is 11.1. The van der Waals surface area contributed by atoms with Crippen LogP contribution in [0.2, 0.25) is 0 Å². The molecule has 1 aliphatic carbocycles. The summed E-state index contributed by atoms with van der Waals surface area (Å²) in [6.07, 6.45) is 5.19. The summed E-state index contributed by atoms with van der Waals surface area (Å²) in [7, 11) is 0. The van der Waals surface area contributed by atoms with E-state index in [0.29, 0.717) is 42.9 Å². The van der Waals surface area contributed by atoms with Crippen LogP contribution < -0.4 is 4.90 Å². The number of Topliss-reactive ketones (excluding diaryl/α,β-unsaturated/α-hetero) is 1. The van der Waals surface area contributed by atoms with Gasteiger partial charge in [0.1, 0.15) is 17.0 Å². The molecule has 1 spiro atoms. The van der Waals surface area contributed by atoms with Crippen molar-refractivity contribution in [3.05, 3.63) is 48.2 Å². The Bertz CT molecular complexity index is 1320. The first kappa shape index (κ1) is 22.0. The van der Waals surface area contributed by atoms with Crippen molar-refractivity contribution in [3.63, 3.8) is 0 Å². The van der Waals surface area contributed by atoms with E-state index >= 15 is 0 Å². The quantitative estimate of drug-likeness (QED) is 0.628. The molecule has 2 fully saturated rings. The van der Waals surface area contributed by atoms with Gasteiger partial charge in [-0.05, 0) is 38.5 Å². The number of aromatic nitrogens is 4. The van der Waals surface area contributed by atoms with Gasteiger partial charge in [0.15, 0.2) is 5.82 Å². The molecule has 34 heavy (non-hydrogen) atoms. The van der Waals surface area contributed by atoms with Crippen molar-refractivity contribution >= 4 is 28.7 Å². The molecule has 3 heterocycles. The van der Waals surface area contributed by atoms with E-state index in [1.165, 1.54) is 17.3 Å². The molecule has 2 aromatic heterocycles. The number of ether oxygens (including phenoxy) is 1. The van der Waals surface area contributed by atoms with E-state index in [1.807, 2.05) is 4.57 Å². The molecule has 0 radical (unpaired) electrons. The van der Waals surface area contributed by atoms with E-state index in [1.54, 1.807) is 38.4 Å². The van der Waals surface area contributed by atoms with Crippen molar-refractivity contribution in [2.45, 2.75) is 50.9 Å². The number of rotatable bonds is 4. The number of amides is 1. The van der Waals surface area contributed by atoms with E-state index in [4.69, 9.17) is 4.74 Å². The number of carbonyl (C=O) groups is 2. The van der Waals surface area contributed by atoms with Crippen LogP contribution in [0.25, 0.3) is 11.0 Å². The Balaban J connectivity index is 1.36. The van der Waals surface area contributed by atoms with Crippen molar-refractivity contribution < 1.29 is 19.4 Å². The highest BCUT2D eigenvalue weighted by Crippen LogP contribution is 2.40. The number of aliphatic hydroxyl groups is 1. The topological polar surface area (TPSA) is 134 Å². The average Bonchev–Trinajstić information content (AvgIpc) is 3.36. The lowest BCUT2D eigenvalue weighted by Crippen LogP contribution is -2.44. The van der Waals surface area contributed by atoms with Crippen molar-refractivity contribution in [3.8, 4) is 6.07 Å². The molecule has 2 atom stereocenters. The fourth-order valence-electron chi connectivity index (χ4n) is 4.71. The number of anilines is 1. The number of imidazole rings is 1. The third-order valence-corrected chi connectivity index (χ3v) is 6.58. The number of hydrogen-bond donors (Lipinski definition) is 1. The fourth-order valence-corrected chi connectivity index (χ4v) is 4.71. The van der Waals surface area contributed by atoms with E-state index in [0.717, 1.165) is 11.0 Å². The highest BCUT2D eigenvalue weighted by Gasteiger charge is 2.51. The van der Waals surface area contributed by atoms with E-state index < -0.39 is 17.3 Å². The Labute approximate surface area is 195 Å². The molecule has 1 N–H and O–H groups in total. The van der Waals surface area contributed by atoms with Gasteiger partial charge in [0, 0.05) is 25.3 Å². The van der Waals surface area contributed by atoms with Gasteiger partial charge in [0.25, 0.3) is 0 Å². The van der Waals surface area contributed by atoms with Crippen LogP contribution in [0.3, 0.4) is 0 Å². The minimum absolute atomic E-state index is 0.118. The number of nitrogens with zero attached hydrogens (tertiary/aromatic N) is 6. The van der Waals surface area contributed by atoms with Crippen molar-refractivity contribution in [2.75, 3.05) is 11.4 Å². The van der Waals surface area contributed by atoms with Gasteiger partial charge in [0.05, 0.1) is 53.6 Å². The number of ketones is 1. The van der Waals surface area contributed by atoms with E-state index in [9.17, 15) is 20.0 Å². The molecule has 1 aliphatic heterocycles. The summed E-state index contributed by atoms with van der Waals surface area (Å²) in [4.78, 5) is 39.9. The summed E-state index contributed by atoms with van der Waals surface area (Å²) in [5.74, 6) is 0.106. The maximum Gasteiger partial charge on any atom is 0.416 e. The van der Waals surface area contributed by atoms with Gasteiger partial charge < -0.3 is 14.4 Å². The molecule has 1 aromatic carbocycles. The van der Waals surface area contributed by atoms with Gasteiger partial charge in [-0.3, -0.25) is 14.7 Å². The smallest absolute Gasteiger partial charge is 0.416 e. The molecule has 1 amide bonds. The Kier molecular flexibility index (Phi) is 5.10. The second-order valence-corrected chi connectivity index (χ2v) is 9.54. The molecule has 10 nitrogen and oxygen atoms in total. The van der Waals surface area contributed by atoms with Crippen molar-refractivity contribution in [1.82, 2.24) is 19.5 Å². The number of benzene rings is 1. The lowest BCUT2D eigenvalue weighted by atomic mass is 9.77. The second-order valence-electron chi connectivity index (χ2n) is 9.54. The number of carbonyl (C=O) groups excluding carboxylic acids is 2. The van der Waals surface area contributed by atoms with Crippen LogP contribution in [-0.2, 0) is 21.7 Å². The highest BCUT2D eigenvalue weighted by molar-refractivity contribution is 5.90. The molecule has 1 saturated carbocycles. The van der Waals surface area contributed by atoms with Crippen LogP contribution in [0.4, 0.5) is 10.6 Å². The fraction of sp³-hybridized carbons (Fsp3) is 0.417. The summed E-state index contributed by atoms with van der Waals surface area (Å²) >= 11 is 0. The maximum atomic E-state index is 12.8. The molecule has 3 aromatic rings. The van der Waals surface area contributed by atoms with Gasteiger partial charge in [-0.1, -0.05) is 0 Å². The zero-order valence-electron chi connectivity index (χ0n) is 18.9. The Morgan fingerprint density at radius 3 is 2.79 bits per heavy atom. The van der Waals surface area contributed by atoms with E-state index in [-0.39, 0.29) is 18.2 Å². The normalized spacial score (nSPS) is 22.9. The molecule has 10 heteroatoms. The first-order chi connectivity index (χ1) is 16.2. The van der Waals surface area contributed by atoms with Crippen molar-refractivity contribution in [1.29, 1.82) is 5.26 Å². The summed E-state index contributed by atoms with van der Waals surface area (Å²) in [5.41, 5.74) is 0.537. The monoisotopic (exact) mass is 460 g/mol. The zero-order valence-corrected chi connectivity index (χ0v) is 18.9. The van der Waals surface area contributed by atoms with E-state index in [2.05, 4.69) is 21.0 Å². The molecule has 1 saturated heterocycles. The van der Waals surface area contributed by atoms with Crippen LogP contribution in [-0.4, -0.2) is 48.6 Å². The van der Waals surface area contributed by atoms with Crippen LogP contribution in [0.1, 0.15) is 44.4 Å². The number of fused-ring (bicyclic) bond motifs is 1.